The zero-order chi connectivity index (χ0) is 15.4. The molecule has 0 spiro atoms. The van der Waals surface area contributed by atoms with Crippen LogP contribution in [0, 0.1) is 0 Å². The van der Waals surface area contributed by atoms with E-state index < -0.39 is 0 Å². The topological polar surface area (TPSA) is 43.6 Å². The van der Waals surface area contributed by atoms with Crippen molar-refractivity contribution in [1.29, 1.82) is 0 Å². The van der Waals surface area contributed by atoms with Crippen LogP contribution >= 0.6 is 0 Å². The van der Waals surface area contributed by atoms with Gasteiger partial charge in [0.25, 0.3) is 0 Å². The molecule has 110 valence electrons. The van der Waals surface area contributed by atoms with Gasteiger partial charge in [-0.05, 0) is 31.6 Å². The van der Waals surface area contributed by atoms with Crippen molar-refractivity contribution in [3.63, 3.8) is 0 Å². The molecule has 0 aliphatic heterocycles. The Morgan fingerprint density at radius 3 is 2.77 bits per heavy atom. The second-order valence-corrected chi connectivity index (χ2v) is 4.94. The van der Waals surface area contributed by atoms with Crippen LogP contribution in [-0.2, 0) is 0 Å². The largest absolute Gasteiger partial charge is 0.252 e. The Labute approximate surface area is 129 Å². The van der Waals surface area contributed by atoms with E-state index >= 15 is 0 Å². The molecule has 3 rings (SSSR count). The number of nitrogens with zero attached hydrogens (tertiary/aromatic N) is 4. The summed E-state index contributed by atoms with van der Waals surface area (Å²) in [6.07, 6.45) is 12.8. The average Bonchev–Trinajstić information content (AvgIpc) is 3.05. The maximum absolute atomic E-state index is 4.65. The summed E-state index contributed by atoms with van der Waals surface area (Å²) in [7, 11) is 0. The molecule has 0 aliphatic rings. The second kappa shape index (κ2) is 6.35. The van der Waals surface area contributed by atoms with Crippen LogP contribution in [0.1, 0.15) is 20.3 Å². The van der Waals surface area contributed by atoms with E-state index in [2.05, 4.69) is 34.1 Å². The molecule has 4 nitrogen and oxygen atoms in total. The number of benzene rings is 1. The van der Waals surface area contributed by atoms with Crippen molar-refractivity contribution in [2.24, 2.45) is 0 Å². The minimum absolute atomic E-state index is 0.833. The first kappa shape index (κ1) is 14.2. The van der Waals surface area contributed by atoms with Crippen LogP contribution in [0.15, 0.2) is 61.1 Å². The van der Waals surface area contributed by atoms with E-state index in [9.17, 15) is 0 Å². The minimum Gasteiger partial charge on any atom is -0.252 e. The van der Waals surface area contributed by atoms with Gasteiger partial charge in [0, 0.05) is 11.8 Å². The van der Waals surface area contributed by atoms with Crippen LogP contribution in [0.2, 0.25) is 0 Å². The number of aromatic nitrogens is 4. The first-order valence-corrected chi connectivity index (χ1v) is 7.42. The maximum atomic E-state index is 4.65. The molecule has 2 heterocycles. The van der Waals surface area contributed by atoms with Gasteiger partial charge in [0.15, 0.2) is 0 Å². The molecule has 0 unspecified atom stereocenters. The number of para-hydroxylation sites is 2. The third kappa shape index (κ3) is 2.81. The molecule has 3 aromatic rings. The molecular weight excluding hydrogens is 272 g/mol. The SMILES string of the molecule is C/C=C(\C=C/CC)n1cc(-c2cnc3ccccc3n2)cn1. The minimum atomic E-state index is 0.833. The highest BCUT2D eigenvalue weighted by atomic mass is 15.3. The molecule has 1 aromatic carbocycles. The summed E-state index contributed by atoms with van der Waals surface area (Å²) in [6.45, 7) is 4.12. The van der Waals surface area contributed by atoms with E-state index in [-0.39, 0.29) is 0 Å². The third-order valence-electron chi connectivity index (χ3n) is 3.41. The Balaban J connectivity index is 1.96. The maximum Gasteiger partial charge on any atom is 0.0924 e. The number of hydrogen-bond donors (Lipinski definition) is 0. The summed E-state index contributed by atoms with van der Waals surface area (Å²) in [6, 6.07) is 7.87. The van der Waals surface area contributed by atoms with Gasteiger partial charge in [-0.3, -0.25) is 4.98 Å². The molecule has 4 heteroatoms. The Hall–Kier alpha value is -2.75. The van der Waals surface area contributed by atoms with E-state index in [1.807, 2.05) is 54.3 Å². The lowest BCUT2D eigenvalue weighted by Gasteiger charge is -2.01. The Morgan fingerprint density at radius 2 is 2.00 bits per heavy atom. The monoisotopic (exact) mass is 290 g/mol. The first-order chi connectivity index (χ1) is 10.8. The molecule has 0 saturated carbocycles. The van der Waals surface area contributed by atoms with Crippen LogP contribution in [0.3, 0.4) is 0 Å². The quantitative estimate of drug-likeness (QED) is 0.672. The van der Waals surface area contributed by atoms with Crippen LogP contribution < -0.4 is 0 Å². The lowest BCUT2D eigenvalue weighted by Crippen LogP contribution is -1.94. The van der Waals surface area contributed by atoms with Crippen LogP contribution in [0.4, 0.5) is 0 Å². The number of allylic oxidation sites excluding steroid dienone is 4. The molecule has 0 fully saturated rings. The Kier molecular flexibility index (Phi) is 4.10. The van der Waals surface area contributed by atoms with Crippen LogP contribution in [0.5, 0.6) is 0 Å². The fourth-order valence-electron chi connectivity index (χ4n) is 2.24. The zero-order valence-electron chi connectivity index (χ0n) is 12.8. The van der Waals surface area contributed by atoms with E-state index in [1.165, 1.54) is 0 Å². The van der Waals surface area contributed by atoms with Crippen molar-refractivity contribution in [2.75, 3.05) is 0 Å². The van der Waals surface area contributed by atoms with Crippen molar-refractivity contribution < 1.29 is 0 Å². The molecule has 0 aliphatic carbocycles. The highest BCUT2D eigenvalue weighted by molar-refractivity contribution is 5.76. The number of rotatable bonds is 4. The molecule has 0 atom stereocenters. The van der Waals surface area contributed by atoms with Crippen molar-refractivity contribution >= 4 is 16.7 Å². The van der Waals surface area contributed by atoms with Gasteiger partial charge in [-0.1, -0.05) is 31.2 Å². The van der Waals surface area contributed by atoms with Gasteiger partial charge in [0.2, 0.25) is 0 Å². The Morgan fingerprint density at radius 1 is 1.18 bits per heavy atom. The molecule has 0 saturated heterocycles. The molecule has 2 aromatic heterocycles. The van der Waals surface area contributed by atoms with Gasteiger partial charge in [-0.25, -0.2) is 9.67 Å². The van der Waals surface area contributed by atoms with E-state index in [0.29, 0.717) is 0 Å². The molecule has 0 N–H and O–H groups in total. The fraction of sp³-hybridized carbons (Fsp3) is 0.167. The number of hydrogen-bond acceptors (Lipinski definition) is 3. The molecule has 22 heavy (non-hydrogen) atoms. The lowest BCUT2D eigenvalue weighted by molar-refractivity contribution is 0.907. The van der Waals surface area contributed by atoms with E-state index in [4.69, 9.17) is 0 Å². The smallest absolute Gasteiger partial charge is 0.0924 e. The average molecular weight is 290 g/mol. The normalized spacial score (nSPS) is 12.4. The molecule has 0 amide bonds. The zero-order valence-corrected chi connectivity index (χ0v) is 12.8. The van der Waals surface area contributed by atoms with Gasteiger partial charge in [0.1, 0.15) is 0 Å². The van der Waals surface area contributed by atoms with Gasteiger partial charge in [-0.15, -0.1) is 0 Å². The number of fused-ring (bicyclic) bond motifs is 1. The summed E-state index contributed by atoms with van der Waals surface area (Å²) in [5.41, 5.74) is 4.63. The van der Waals surface area contributed by atoms with E-state index in [0.717, 1.165) is 34.4 Å². The summed E-state index contributed by atoms with van der Waals surface area (Å²) >= 11 is 0. The van der Waals surface area contributed by atoms with Gasteiger partial charge in [0.05, 0.1) is 34.8 Å². The molecule has 0 radical (unpaired) electrons. The fourth-order valence-corrected chi connectivity index (χ4v) is 2.24. The van der Waals surface area contributed by atoms with Crippen molar-refractivity contribution in [3.8, 4) is 11.3 Å². The predicted molar refractivity (Wildman–Crippen MR) is 90.1 cm³/mol. The summed E-state index contributed by atoms with van der Waals surface area (Å²) in [4.78, 5) is 9.11. The van der Waals surface area contributed by atoms with Gasteiger partial charge in [-0.2, -0.15) is 5.10 Å². The molecule has 0 bridgehead atoms. The van der Waals surface area contributed by atoms with Crippen LogP contribution in [0.25, 0.3) is 28.0 Å². The highest BCUT2D eigenvalue weighted by Crippen LogP contribution is 2.20. The van der Waals surface area contributed by atoms with Crippen molar-refractivity contribution in [2.45, 2.75) is 20.3 Å². The summed E-state index contributed by atoms with van der Waals surface area (Å²) in [5, 5.41) is 4.43. The standard InChI is InChI=1S/C18H18N4/c1-3-5-8-15(4-2)22-13-14(11-20-22)18-12-19-16-9-6-7-10-17(16)21-18/h4-13H,3H2,1-2H3/b8-5-,15-4+. The van der Waals surface area contributed by atoms with E-state index in [1.54, 1.807) is 6.20 Å². The second-order valence-electron chi connectivity index (χ2n) is 4.94. The first-order valence-electron chi connectivity index (χ1n) is 7.42. The van der Waals surface area contributed by atoms with Crippen LogP contribution in [-0.4, -0.2) is 19.7 Å². The highest BCUT2D eigenvalue weighted by Gasteiger charge is 2.06. The van der Waals surface area contributed by atoms with Gasteiger partial charge < -0.3 is 0 Å². The van der Waals surface area contributed by atoms with Crippen molar-refractivity contribution in [1.82, 2.24) is 19.7 Å². The van der Waals surface area contributed by atoms with Gasteiger partial charge >= 0.3 is 0 Å². The lowest BCUT2D eigenvalue weighted by atomic mass is 10.2. The third-order valence-corrected chi connectivity index (χ3v) is 3.41. The Bertz CT molecular complexity index is 843. The summed E-state index contributed by atoms with van der Waals surface area (Å²) in [5.74, 6) is 0. The summed E-state index contributed by atoms with van der Waals surface area (Å²) < 4.78 is 1.86. The molecular formula is C18H18N4. The van der Waals surface area contributed by atoms with Crippen molar-refractivity contribution in [3.05, 3.63) is 61.1 Å². The predicted octanol–water partition coefficient (Wildman–Crippen LogP) is 4.32.